The van der Waals surface area contributed by atoms with Crippen LogP contribution < -0.4 is 4.72 Å². The van der Waals surface area contributed by atoms with Crippen LogP contribution in [0.5, 0.6) is 0 Å². The minimum absolute atomic E-state index is 0.217. The molecule has 0 aliphatic rings. The highest BCUT2D eigenvalue weighted by atomic mass is 32.2. The second kappa shape index (κ2) is 4.74. The molecule has 0 aliphatic heterocycles. The van der Waals surface area contributed by atoms with Gasteiger partial charge < -0.3 is 5.11 Å². The van der Waals surface area contributed by atoms with Crippen molar-refractivity contribution in [3.05, 3.63) is 29.8 Å². The zero-order chi connectivity index (χ0) is 11.5. The summed E-state index contributed by atoms with van der Waals surface area (Å²) in [5.41, 5.74) is 0.884. The molecule has 5 heteroatoms. The van der Waals surface area contributed by atoms with E-state index in [9.17, 15) is 8.42 Å². The van der Waals surface area contributed by atoms with Crippen molar-refractivity contribution in [2.45, 2.75) is 24.8 Å². The first-order chi connectivity index (χ1) is 6.95. The summed E-state index contributed by atoms with van der Waals surface area (Å²) in [6, 6.07) is 6.16. The number of hydrogen-bond donors (Lipinski definition) is 2. The van der Waals surface area contributed by atoms with E-state index in [0.717, 1.165) is 5.56 Å². The van der Waals surface area contributed by atoms with E-state index in [2.05, 4.69) is 4.72 Å². The predicted octanol–water partition coefficient (Wildman–Crippen LogP) is 0.654. The Morgan fingerprint density at radius 1 is 1.47 bits per heavy atom. The summed E-state index contributed by atoms with van der Waals surface area (Å²) in [5, 5.41) is 8.77. The van der Waals surface area contributed by atoms with E-state index in [1.807, 2.05) is 13.0 Å². The third-order valence-corrected chi connectivity index (χ3v) is 3.52. The summed E-state index contributed by atoms with van der Waals surface area (Å²) in [7, 11) is -3.50. The fraction of sp³-hybridized carbons (Fsp3) is 0.400. The second-order valence-electron chi connectivity index (χ2n) is 3.52. The summed E-state index contributed by atoms with van der Waals surface area (Å²) >= 11 is 0. The number of sulfonamides is 1. The molecule has 1 aromatic rings. The first-order valence-corrected chi connectivity index (χ1v) is 6.14. The Hall–Kier alpha value is -0.910. The highest BCUT2D eigenvalue weighted by molar-refractivity contribution is 7.89. The molecule has 4 nitrogen and oxygen atoms in total. The first kappa shape index (κ1) is 12.2. The van der Waals surface area contributed by atoms with Crippen molar-refractivity contribution in [3.8, 4) is 0 Å². The SMILES string of the molecule is Cc1cccc(S(=O)(=O)N[C@@H](C)CO)c1. The van der Waals surface area contributed by atoms with Crippen LogP contribution in [0, 0.1) is 6.92 Å². The lowest BCUT2D eigenvalue weighted by Crippen LogP contribution is -2.34. The molecule has 0 bridgehead atoms. The maximum absolute atomic E-state index is 11.7. The van der Waals surface area contributed by atoms with Gasteiger partial charge in [-0.25, -0.2) is 13.1 Å². The average molecular weight is 229 g/mol. The van der Waals surface area contributed by atoms with Gasteiger partial charge in [-0.05, 0) is 31.5 Å². The molecular weight excluding hydrogens is 214 g/mol. The maximum atomic E-state index is 11.7. The number of hydrogen-bond acceptors (Lipinski definition) is 3. The molecule has 0 aromatic heterocycles. The molecule has 1 aromatic carbocycles. The van der Waals surface area contributed by atoms with Gasteiger partial charge in [0.15, 0.2) is 0 Å². The molecule has 0 fully saturated rings. The van der Waals surface area contributed by atoms with Crippen molar-refractivity contribution in [2.75, 3.05) is 6.61 Å². The molecule has 0 saturated heterocycles. The van der Waals surface area contributed by atoms with Crippen LogP contribution in [-0.2, 0) is 10.0 Å². The Morgan fingerprint density at radius 2 is 2.13 bits per heavy atom. The van der Waals surface area contributed by atoms with Gasteiger partial charge >= 0.3 is 0 Å². The van der Waals surface area contributed by atoms with Crippen molar-refractivity contribution < 1.29 is 13.5 Å². The van der Waals surface area contributed by atoms with Gasteiger partial charge in [-0.1, -0.05) is 12.1 Å². The van der Waals surface area contributed by atoms with E-state index >= 15 is 0 Å². The van der Waals surface area contributed by atoms with E-state index in [0.29, 0.717) is 0 Å². The molecule has 0 heterocycles. The van der Waals surface area contributed by atoms with Crippen LogP contribution in [0.4, 0.5) is 0 Å². The first-order valence-electron chi connectivity index (χ1n) is 4.65. The Morgan fingerprint density at radius 3 is 2.67 bits per heavy atom. The second-order valence-corrected chi connectivity index (χ2v) is 5.24. The van der Waals surface area contributed by atoms with Gasteiger partial charge in [0.2, 0.25) is 10.0 Å². The lowest BCUT2D eigenvalue weighted by Gasteiger charge is -2.11. The smallest absolute Gasteiger partial charge is 0.240 e. The van der Waals surface area contributed by atoms with Gasteiger partial charge in [-0.3, -0.25) is 0 Å². The van der Waals surface area contributed by atoms with Gasteiger partial charge in [-0.15, -0.1) is 0 Å². The number of benzene rings is 1. The molecule has 0 aliphatic carbocycles. The molecule has 1 atom stereocenters. The minimum Gasteiger partial charge on any atom is -0.395 e. The molecule has 15 heavy (non-hydrogen) atoms. The van der Waals surface area contributed by atoms with E-state index in [1.165, 1.54) is 6.07 Å². The highest BCUT2D eigenvalue weighted by Crippen LogP contribution is 2.10. The Balaban J connectivity index is 2.96. The zero-order valence-corrected chi connectivity index (χ0v) is 9.58. The van der Waals surface area contributed by atoms with Gasteiger partial charge in [0.05, 0.1) is 11.5 Å². The fourth-order valence-electron chi connectivity index (χ4n) is 1.15. The molecule has 0 saturated carbocycles. The van der Waals surface area contributed by atoms with Crippen molar-refractivity contribution in [1.29, 1.82) is 0 Å². The van der Waals surface area contributed by atoms with Crippen molar-refractivity contribution >= 4 is 10.0 Å². The Labute approximate surface area is 90.0 Å². The van der Waals surface area contributed by atoms with E-state index in [1.54, 1.807) is 19.1 Å². The summed E-state index contributed by atoms with van der Waals surface area (Å²) in [5.74, 6) is 0. The number of nitrogens with one attached hydrogen (secondary N) is 1. The standard InChI is InChI=1S/C10H15NO3S/c1-8-4-3-5-10(6-8)15(13,14)11-9(2)7-12/h3-6,9,11-12H,7H2,1-2H3/t9-/m0/s1. The highest BCUT2D eigenvalue weighted by Gasteiger charge is 2.16. The Bertz CT molecular complexity index is 428. The maximum Gasteiger partial charge on any atom is 0.240 e. The Kier molecular flexibility index (Phi) is 3.84. The monoisotopic (exact) mass is 229 g/mol. The van der Waals surface area contributed by atoms with Crippen LogP contribution in [0.2, 0.25) is 0 Å². The number of aliphatic hydroxyl groups excluding tert-OH is 1. The lowest BCUT2D eigenvalue weighted by molar-refractivity contribution is 0.265. The zero-order valence-electron chi connectivity index (χ0n) is 8.77. The van der Waals surface area contributed by atoms with Crippen molar-refractivity contribution in [1.82, 2.24) is 4.72 Å². The van der Waals surface area contributed by atoms with Crippen molar-refractivity contribution in [2.24, 2.45) is 0 Å². The van der Waals surface area contributed by atoms with Gasteiger partial charge in [0, 0.05) is 6.04 Å². The lowest BCUT2D eigenvalue weighted by atomic mass is 10.2. The number of aryl methyl sites for hydroxylation is 1. The van der Waals surface area contributed by atoms with E-state index in [4.69, 9.17) is 5.11 Å². The summed E-state index contributed by atoms with van der Waals surface area (Å²) in [4.78, 5) is 0.225. The number of rotatable bonds is 4. The van der Waals surface area contributed by atoms with Crippen LogP contribution >= 0.6 is 0 Å². The summed E-state index contributed by atoms with van der Waals surface area (Å²) in [6.07, 6.45) is 0. The molecule has 0 spiro atoms. The topological polar surface area (TPSA) is 66.4 Å². The third kappa shape index (κ3) is 3.30. The summed E-state index contributed by atoms with van der Waals surface area (Å²) in [6.45, 7) is 3.22. The summed E-state index contributed by atoms with van der Waals surface area (Å²) < 4.78 is 25.8. The fourth-order valence-corrected chi connectivity index (χ4v) is 2.49. The molecular formula is C10H15NO3S. The van der Waals surface area contributed by atoms with Crippen molar-refractivity contribution in [3.63, 3.8) is 0 Å². The largest absolute Gasteiger partial charge is 0.395 e. The molecule has 1 rings (SSSR count). The average Bonchev–Trinajstić information content (AvgIpc) is 2.17. The molecule has 0 radical (unpaired) electrons. The van der Waals surface area contributed by atoms with Crippen LogP contribution in [0.15, 0.2) is 29.2 Å². The van der Waals surface area contributed by atoms with Gasteiger partial charge in [-0.2, -0.15) is 0 Å². The van der Waals surface area contributed by atoms with Gasteiger partial charge in [0.1, 0.15) is 0 Å². The normalized spacial score (nSPS) is 13.8. The predicted molar refractivity (Wildman–Crippen MR) is 58.0 cm³/mol. The van der Waals surface area contributed by atoms with Crippen LogP contribution in [0.1, 0.15) is 12.5 Å². The third-order valence-electron chi connectivity index (χ3n) is 1.93. The van der Waals surface area contributed by atoms with E-state index < -0.39 is 16.1 Å². The quantitative estimate of drug-likeness (QED) is 0.797. The molecule has 0 amide bonds. The molecule has 84 valence electrons. The van der Waals surface area contributed by atoms with Gasteiger partial charge in [0.25, 0.3) is 0 Å². The molecule has 0 unspecified atom stereocenters. The van der Waals surface area contributed by atoms with Crippen LogP contribution in [0.25, 0.3) is 0 Å². The molecule has 2 N–H and O–H groups in total. The number of aliphatic hydroxyl groups is 1. The van der Waals surface area contributed by atoms with E-state index in [-0.39, 0.29) is 11.5 Å². The minimum atomic E-state index is -3.50. The van der Waals surface area contributed by atoms with Crippen LogP contribution in [0.3, 0.4) is 0 Å². The van der Waals surface area contributed by atoms with Crippen LogP contribution in [-0.4, -0.2) is 26.2 Å².